The second-order valence-corrected chi connectivity index (χ2v) is 7.64. The Morgan fingerprint density at radius 1 is 1.04 bits per heavy atom. The molecule has 2 aliphatic rings. The Morgan fingerprint density at radius 2 is 1.64 bits per heavy atom. The number of hydrogen-bond donors (Lipinski definition) is 2. The fraction of sp³-hybridized carbons (Fsp3) is 0.947. The summed E-state index contributed by atoms with van der Waals surface area (Å²) in [4.78, 5) is 16.7. The lowest BCUT2D eigenvalue weighted by Gasteiger charge is -2.38. The molecule has 2 heterocycles. The first kappa shape index (κ1) is 20.6. The summed E-state index contributed by atoms with van der Waals surface area (Å²) < 4.78 is 6.34. The van der Waals surface area contributed by atoms with Gasteiger partial charge >= 0.3 is 0 Å². The van der Waals surface area contributed by atoms with E-state index in [2.05, 4.69) is 41.2 Å². The third-order valence-corrected chi connectivity index (χ3v) is 5.37. The van der Waals surface area contributed by atoms with Crippen molar-refractivity contribution in [2.24, 2.45) is 0 Å². The molecule has 2 N–H and O–H groups in total. The number of rotatable bonds is 9. The summed E-state index contributed by atoms with van der Waals surface area (Å²) in [5.41, 5.74) is 0. The normalized spacial score (nSPS) is 21.8. The van der Waals surface area contributed by atoms with Crippen molar-refractivity contribution in [3.63, 3.8) is 0 Å². The smallest absolute Gasteiger partial charge is 0.234 e. The number of ether oxygens (including phenoxy) is 1. The second-order valence-electron chi connectivity index (χ2n) is 7.64. The molecule has 0 saturated carbocycles. The van der Waals surface area contributed by atoms with Gasteiger partial charge in [-0.3, -0.25) is 9.69 Å². The topological polar surface area (TPSA) is 56.8 Å². The molecule has 0 spiro atoms. The number of hydrogen-bond acceptors (Lipinski definition) is 5. The summed E-state index contributed by atoms with van der Waals surface area (Å²) >= 11 is 0. The van der Waals surface area contributed by atoms with Crippen molar-refractivity contribution in [3.05, 3.63) is 0 Å². The number of amides is 1. The number of piperidine rings is 2. The van der Waals surface area contributed by atoms with Crippen LogP contribution in [0.25, 0.3) is 0 Å². The average molecular weight is 355 g/mol. The van der Waals surface area contributed by atoms with Crippen LogP contribution in [0.2, 0.25) is 0 Å². The van der Waals surface area contributed by atoms with E-state index in [4.69, 9.17) is 4.74 Å². The molecule has 6 nitrogen and oxygen atoms in total. The van der Waals surface area contributed by atoms with Gasteiger partial charge in [0.1, 0.15) is 0 Å². The Hall–Kier alpha value is -0.690. The molecule has 146 valence electrons. The zero-order valence-corrected chi connectivity index (χ0v) is 16.4. The number of nitrogens with zero attached hydrogens (tertiary/aromatic N) is 2. The quantitative estimate of drug-likeness (QED) is 0.607. The van der Waals surface area contributed by atoms with Crippen molar-refractivity contribution in [2.45, 2.75) is 64.7 Å². The predicted octanol–water partition coefficient (Wildman–Crippen LogP) is 1.07. The van der Waals surface area contributed by atoms with E-state index in [-0.39, 0.29) is 5.91 Å². The Bertz CT molecular complexity index is 376. The van der Waals surface area contributed by atoms with Gasteiger partial charge in [0.15, 0.2) is 0 Å². The highest BCUT2D eigenvalue weighted by Gasteiger charge is 2.26. The molecule has 0 aromatic carbocycles. The van der Waals surface area contributed by atoms with E-state index in [1.165, 1.54) is 0 Å². The van der Waals surface area contributed by atoms with Crippen LogP contribution in [-0.4, -0.2) is 86.3 Å². The van der Waals surface area contributed by atoms with Crippen LogP contribution in [0.15, 0.2) is 0 Å². The zero-order valence-electron chi connectivity index (χ0n) is 16.4. The molecule has 2 fully saturated rings. The molecule has 0 bridgehead atoms. The number of carbonyl (C=O) groups is 1. The summed E-state index contributed by atoms with van der Waals surface area (Å²) in [7, 11) is 0. The standard InChI is InChI=1S/C19H38N4O2/c1-4-20-9-10-21-19(24)15-22-11-5-17(6-12-22)25-18-7-13-23(14-8-18)16(2)3/h16-18,20H,4-15H2,1-3H3,(H,21,24). The number of nitrogens with one attached hydrogen (secondary N) is 2. The van der Waals surface area contributed by atoms with Crippen molar-refractivity contribution >= 4 is 5.91 Å². The van der Waals surface area contributed by atoms with Crippen LogP contribution < -0.4 is 10.6 Å². The number of carbonyl (C=O) groups excluding carboxylic acids is 1. The van der Waals surface area contributed by atoms with Gasteiger partial charge in [0, 0.05) is 45.3 Å². The molecular formula is C19H38N4O2. The van der Waals surface area contributed by atoms with E-state index in [9.17, 15) is 4.79 Å². The molecule has 0 aliphatic carbocycles. The lowest BCUT2D eigenvalue weighted by Crippen LogP contribution is -2.46. The molecule has 1 amide bonds. The van der Waals surface area contributed by atoms with Gasteiger partial charge < -0.3 is 20.3 Å². The van der Waals surface area contributed by atoms with Gasteiger partial charge in [-0.05, 0) is 46.1 Å². The van der Waals surface area contributed by atoms with Gasteiger partial charge in [0.05, 0.1) is 18.8 Å². The van der Waals surface area contributed by atoms with Crippen LogP contribution in [0.3, 0.4) is 0 Å². The minimum atomic E-state index is 0.137. The number of likely N-dealkylation sites (tertiary alicyclic amines) is 2. The lowest BCUT2D eigenvalue weighted by molar-refractivity contribution is -0.123. The lowest BCUT2D eigenvalue weighted by atomic mass is 10.0. The van der Waals surface area contributed by atoms with E-state index in [0.717, 1.165) is 65.0 Å². The number of likely N-dealkylation sites (N-methyl/N-ethyl adjacent to an activating group) is 1. The van der Waals surface area contributed by atoms with Crippen LogP contribution in [0.5, 0.6) is 0 Å². The van der Waals surface area contributed by atoms with E-state index < -0.39 is 0 Å². The van der Waals surface area contributed by atoms with Gasteiger partial charge in [0.25, 0.3) is 0 Å². The van der Waals surface area contributed by atoms with Crippen molar-refractivity contribution in [2.75, 3.05) is 52.4 Å². The average Bonchev–Trinajstić information content (AvgIpc) is 2.61. The molecule has 6 heteroatoms. The summed E-state index contributed by atoms with van der Waals surface area (Å²) in [5.74, 6) is 0.137. The molecule has 0 aromatic heterocycles. The minimum Gasteiger partial charge on any atom is -0.375 e. The van der Waals surface area contributed by atoms with Crippen LogP contribution in [0.1, 0.15) is 46.5 Å². The van der Waals surface area contributed by atoms with Crippen molar-refractivity contribution in [1.29, 1.82) is 0 Å². The first-order valence-electron chi connectivity index (χ1n) is 10.2. The summed E-state index contributed by atoms with van der Waals surface area (Å²) in [6, 6.07) is 0.646. The molecule has 0 unspecified atom stereocenters. The Labute approximate surface area is 153 Å². The highest BCUT2D eigenvalue weighted by molar-refractivity contribution is 5.78. The van der Waals surface area contributed by atoms with Crippen molar-refractivity contribution < 1.29 is 9.53 Å². The van der Waals surface area contributed by atoms with E-state index in [1.807, 2.05) is 0 Å². The molecule has 2 saturated heterocycles. The van der Waals surface area contributed by atoms with Crippen LogP contribution in [0, 0.1) is 0 Å². The van der Waals surface area contributed by atoms with E-state index in [1.54, 1.807) is 0 Å². The van der Waals surface area contributed by atoms with Crippen LogP contribution in [0.4, 0.5) is 0 Å². The van der Waals surface area contributed by atoms with Gasteiger partial charge in [-0.2, -0.15) is 0 Å². The highest BCUT2D eigenvalue weighted by atomic mass is 16.5. The Morgan fingerprint density at radius 3 is 2.20 bits per heavy atom. The van der Waals surface area contributed by atoms with Gasteiger partial charge in [-0.25, -0.2) is 0 Å². The fourth-order valence-electron chi connectivity index (χ4n) is 3.73. The SMILES string of the molecule is CCNCCNC(=O)CN1CCC(OC2CCN(C(C)C)CC2)CC1. The van der Waals surface area contributed by atoms with E-state index >= 15 is 0 Å². The molecular weight excluding hydrogens is 316 g/mol. The van der Waals surface area contributed by atoms with Crippen LogP contribution in [-0.2, 0) is 9.53 Å². The maximum atomic E-state index is 11.9. The third kappa shape index (κ3) is 7.60. The minimum absolute atomic E-state index is 0.137. The highest BCUT2D eigenvalue weighted by Crippen LogP contribution is 2.21. The Kier molecular flexibility index (Phi) is 9.17. The maximum Gasteiger partial charge on any atom is 0.234 e. The third-order valence-electron chi connectivity index (χ3n) is 5.37. The Balaban J connectivity index is 1.56. The van der Waals surface area contributed by atoms with Crippen molar-refractivity contribution in [1.82, 2.24) is 20.4 Å². The molecule has 25 heavy (non-hydrogen) atoms. The maximum absolute atomic E-state index is 11.9. The molecule has 0 aromatic rings. The molecule has 0 atom stereocenters. The summed E-state index contributed by atoms with van der Waals surface area (Å²) in [6.07, 6.45) is 5.23. The summed E-state index contributed by atoms with van der Waals surface area (Å²) in [5, 5.41) is 6.19. The molecule has 0 radical (unpaired) electrons. The summed E-state index contributed by atoms with van der Waals surface area (Å²) in [6.45, 7) is 13.9. The van der Waals surface area contributed by atoms with E-state index in [0.29, 0.717) is 31.3 Å². The first-order valence-corrected chi connectivity index (χ1v) is 10.2. The fourth-order valence-corrected chi connectivity index (χ4v) is 3.73. The molecule has 2 rings (SSSR count). The zero-order chi connectivity index (χ0) is 18.1. The monoisotopic (exact) mass is 354 g/mol. The second kappa shape index (κ2) is 11.1. The first-order chi connectivity index (χ1) is 12.1. The van der Waals surface area contributed by atoms with Crippen LogP contribution >= 0.6 is 0 Å². The predicted molar refractivity (Wildman–Crippen MR) is 102 cm³/mol. The van der Waals surface area contributed by atoms with Gasteiger partial charge in [-0.1, -0.05) is 6.92 Å². The van der Waals surface area contributed by atoms with Crippen molar-refractivity contribution in [3.8, 4) is 0 Å². The largest absolute Gasteiger partial charge is 0.375 e. The molecule has 2 aliphatic heterocycles. The van der Waals surface area contributed by atoms with Gasteiger partial charge in [-0.15, -0.1) is 0 Å². The van der Waals surface area contributed by atoms with Gasteiger partial charge in [0.2, 0.25) is 5.91 Å².